The van der Waals surface area contributed by atoms with Crippen LogP contribution in [0.2, 0.25) is 0 Å². The molecule has 0 unspecified atom stereocenters. The number of ether oxygens (including phenoxy) is 1. The summed E-state index contributed by atoms with van der Waals surface area (Å²) >= 11 is 0. The summed E-state index contributed by atoms with van der Waals surface area (Å²) in [6.45, 7) is -1.25. The molecular formula is C13H13F7N4O7. The van der Waals surface area contributed by atoms with Crippen LogP contribution in [0.1, 0.15) is 0 Å². The van der Waals surface area contributed by atoms with Gasteiger partial charge in [-0.05, 0) is 11.6 Å². The summed E-state index contributed by atoms with van der Waals surface area (Å²) in [6.07, 6.45) is -13.5. The van der Waals surface area contributed by atoms with Crippen molar-refractivity contribution in [3.63, 3.8) is 0 Å². The van der Waals surface area contributed by atoms with Gasteiger partial charge in [0.2, 0.25) is 5.76 Å². The Labute approximate surface area is 166 Å². The summed E-state index contributed by atoms with van der Waals surface area (Å²) < 4.78 is 95.0. The van der Waals surface area contributed by atoms with Gasteiger partial charge >= 0.3 is 24.0 Å². The number of azide groups is 1. The van der Waals surface area contributed by atoms with E-state index in [2.05, 4.69) is 14.8 Å². The number of carbonyl (C=O) groups excluding carboxylic acids is 1. The molecule has 0 fully saturated rings. The fraction of sp³-hybridized carbons (Fsp3) is 0.692. The van der Waals surface area contributed by atoms with E-state index in [0.717, 1.165) is 5.32 Å². The van der Waals surface area contributed by atoms with Gasteiger partial charge < -0.3 is 30.5 Å². The number of carbonyl (C=O) groups is 2. The summed E-state index contributed by atoms with van der Waals surface area (Å²) in [5.41, 5.74) is 8.53. The summed E-state index contributed by atoms with van der Waals surface area (Å²) in [4.78, 5) is 24.9. The second-order valence-electron chi connectivity index (χ2n) is 6.00. The third kappa shape index (κ3) is 5.09. The van der Waals surface area contributed by atoms with Gasteiger partial charge in [-0.2, -0.15) is 30.7 Å². The topological polar surface area (TPSA) is 185 Å². The van der Waals surface area contributed by atoms with Crippen molar-refractivity contribution in [3.05, 3.63) is 22.3 Å². The van der Waals surface area contributed by atoms with Crippen LogP contribution in [-0.2, 0) is 14.3 Å². The first-order chi connectivity index (χ1) is 14.0. The predicted molar refractivity (Wildman–Crippen MR) is 80.5 cm³/mol. The quantitative estimate of drug-likeness (QED) is 0.144. The van der Waals surface area contributed by atoms with Crippen LogP contribution >= 0.6 is 0 Å². The van der Waals surface area contributed by atoms with Crippen molar-refractivity contribution in [1.82, 2.24) is 5.32 Å². The number of carboxylic acid groups (broad SMARTS) is 1. The highest BCUT2D eigenvalue weighted by Gasteiger charge is 2.76. The van der Waals surface area contributed by atoms with Gasteiger partial charge in [-0.3, -0.25) is 4.79 Å². The molecule has 11 nitrogen and oxygen atoms in total. The van der Waals surface area contributed by atoms with Crippen molar-refractivity contribution in [1.29, 1.82) is 0 Å². The molecule has 0 bridgehead atoms. The Balaban J connectivity index is 3.45. The summed E-state index contributed by atoms with van der Waals surface area (Å²) in [5.74, 6) is -19.5. The molecular weight excluding hydrogens is 457 g/mol. The molecule has 5 N–H and O–H groups in total. The number of aliphatic carboxylic acids is 1. The molecule has 1 rings (SSSR count). The van der Waals surface area contributed by atoms with Gasteiger partial charge in [0, 0.05) is 4.91 Å². The number of rotatable bonds is 8. The molecule has 31 heavy (non-hydrogen) atoms. The standard InChI is InChI=1S/C13H13F7N4O7/c14-11(15,12(16,17)13(18,19)20)10(30)22-6-3(23-24-21)1-5(9(28)29)31-8(6)7(27)4(26)2-25/h1,3-4,6-8,25-27H,2H2,(H,22,30)(H,28,29)/t3-,4+,6+,7+,8+/m0/s1. The number of halogens is 7. The van der Waals surface area contributed by atoms with Gasteiger partial charge in [0.1, 0.15) is 18.3 Å². The average molecular weight is 470 g/mol. The van der Waals surface area contributed by atoms with Gasteiger partial charge in [-0.25, -0.2) is 4.79 Å². The Kier molecular flexibility index (Phi) is 7.72. The average Bonchev–Trinajstić information content (AvgIpc) is 2.66. The SMILES string of the molecule is [N-]=[N+]=N[C@H]1C=C(C(=O)O)O[C@@H]([C@H](O)[C@H](O)CO)[C@@H]1NC(=O)C(F)(F)C(F)(F)C(F)(F)F. The second-order valence-corrected chi connectivity index (χ2v) is 6.00. The van der Waals surface area contributed by atoms with Crippen LogP contribution in [-0.4, -0.2) is 87.3 Å². The van der Waals surface area contributed by atoms with Crippen molar-refractivity contribution in [2.45, 2.75) is 48.4 Å². The lowest BCUT2D eigenvalue weighted by molar-refractivity contribution is -0.344. The normalized spacial score (nSPS) is 24.2. The van der Waals surface area contributed by atoms with Gasteiger partial charge in [-0.1, -0.05) is 5.11 Å². The molecule has 1 aliphatic heterocycles. The van der Waals surface area contributed by atoms with Crippen LogP contribution in [0.5, 0.6) is 0 Å². The molecule has 176 valence electrons. The Morgan fingerprint density at radius 2 is 1.77 bits per heavy atom. The highest BCUT2D eigenvalue weighted by Crippen LogP contribution is 2.46. The van der Waals surface area contributed by atoms with E-state index in [1.807, 2.05) is 0 Å². The zero-order valence-corrected chi connectivity index (χ0v) is 14.7. The number of hydrogen-bond donors (Lipinski definition) is 5. The van der Waals surface area contributed by atoms with E-state index < -0.39 is 72.7 Å². The maximum Gasteiger partial charge on any atom is 0.460 e. The molecule has 1 amide bonds. The number of aliphatic hydroxyl groups is 3. The van der Waals surface area contributed by atoms with Crippen LogP contribution in [0, 0.1) is 0 Å². The molecule has 0 radical (unpaired) electrons. The van der Waals surface area contributed by atoms with E-state index in [-0.39, 0.29) is 0 Å². The summed E-state index contributed by atoms with van der Waals surface area (Å²) in [6, 6.07) is -4.45. The van der Waals surface area contributed by atoms with Crippen LogP contribution in [0.15, 0.2) is 16.9 Å². The zero-order chi connectivity index (χ0) is 24.4. The molecule has 1 heterocycles. The van der Waals surface area contributed by atoms with E-state index in [9.17, 15) is 50.5 Å². The third-order valence-electron chi connectivity index (χ3n) is 3.95. The first-order valence-corrected chi connectivity index (χ1v) is 7.79. The van der Waals surface area contributed by atoms with E-state index >= 15 is 0 Å². The van der Waals surface area contributed by atoms with Crippen LogP contribution in [0.3, 0.4) is 0 Å². The van der Waals surface area contributed by atoms with E-state index in [4.69, 9.17) is 15.7 Å². The minimum absolute atomic E-state index is 0.377. The fourth-order valence-corrected chi connectivity index (χ4v) is 2.34. The van der Waals surface area contributed by atoms with Gasteiger partial charge in [0.15, 0.2) is 0 Å². The largest absolute Gasteiger partial charge is 0.478 e. The number of nitrogens with zero attached hydrogens (tertiary/aromatic N) is 3. The Hall–Kier alpha value is -2.82. The van der Waals surface area contributed by atoms with Crippen LogP contribution in [0.25, 0.3) is 10.4 Å². The van der Waals surface area contributed by atoms with Crippen molar-refractivity contribution >= 4 is 11.9 Å². The first-order valence-electron chi connectivity index (χ1n) is 7.79. The van der Waals surface area contributed by atoms with Gasteiger partial charge in [-0.15, -0.1) is 0 Å². The van der Waals surface area contributed by atoms with E-state index in [0.29, 0.717) is 6.08 Å². The molecule has 0 spiro atoms. The Morgan fingerprint density at radius 3 is 2.19 bits per heavy atom. The minimum Gasteiger partial charge on any atom is -0.478 e. The number of carboxylic acids is 1. The predicted octanol–water partition coefficient (Wildman–Crippen LogP) is 0.0644. The molecule has 5 atom stereocenters. The van der Waals surface area contributed by atoms with Crippen molar-refractivity contribution in [2.24, 2.45) is 5.11 Å². The van der Waals surface area contributed by atoms with E-state index in [1.165, 1.54) is 0 Å². The highest BCUT2D eigenvalue weighted by atomic mass is 19.4. The van der Waals surface area contributed by atoms with Gasteiger partial charge in [0.25, 0.3) is 5.91 Å². The minimum atomic E-state index is -6.86. The molecule has 0 aromatic heterocycles. The lowest BCUT2D eigenvalue weighted by atomic mass is 9.92. The van der Waals surface area contributed by atoms with E-state index in [1.54, 1.807) is 0 Å². The third-order valence-corrected chi connectivity index (χ3v) is 3.95. The smallest absolute Gasteiger partial charge is 0.460 e. The lowest BCUT2D eigenvalue weighted by Crippen LogP contribution is -2.65. The first kappa shape index (κ1) is 26.2. The monoisotopic (exact) mass is 470 g/mol. The summed E-state index contributed by atoms with van der Waals surface area (Å²) in [7, 11) is 0. The molecule has 1 aliphatic rings. The number of amides is 1. The maximum absolute atomic E-state index is 13.6. The van der Waals surface area contributed by atoms with Crippen molar-refractivity contribution in [3.8, 4) is 0 Å². The number of nitrogens with one attached hydrogen (secondary N) is 1. The number of alkyl halides is 7. The Bertz CT molecular complexity index is 785. The second kappa shape index (κ2) is 9.13. The summed E-state index contributed by atoms with van der Waals surface area (Å²) in [5, 5.41) is 41.1. The van der Waals surface area contributed by atoms with Gasteiger partial charge in [0.05, 0.1) is 18.7 Å². The molecule has 0 aromatic rings. The van der Waals surface area contributed by atoms with Crippen LogP contribution in [0.4, 0.5) is 30.7 Å². The van der Waals surface area contributed by atoms with Crippen molar-refractivity contribution < 1.29 is 65.5 Å². The zero-order valence-electron chi connectivity index (χ0n) is 14.7. The van der Waals surface area contributed by atoms with Crippen molar-refractivity contribution in [2.75, 3.05) is 6.61 Å². The molecule has 0 saturated carbocycles. The highest BCUT2D eigenvalue weighted by molar-refractivity contribution is 5.86. The maximum atomic E-state index is 13.6. The molecule has 18 heteroatoms. The fourth-order valence-electron chi connectivity index (χ4n) is 2.34. The number of hydrogen-bond acceptors (Lipinski definition) is 7. The number of aliphatic hydroxyl groups excluding tert-OH is 3. The Morgan fingerprint density at radius 1 is 1.23 bits per heavy atom. The molecule has 0 aromatic carbocycles. The lowest BCUT2D eigenvalue weighted by Gasteiger charge is -2.39. The van der Waals surface area contributed by atoms with Crippen LogP contribution < -0.4 is 5.32 Å². The molecule has 0 saturated heterocycles. The molecule has 0 aliphatic carbocycles.